The van der Waals surface area contributed by atoms with Gasteiger partial charge in [0.15, 0.2) is 0 Å². The first kappa shape index (κ1) is 15.0. The van der Waals surface area contributed by atoms with Crippen LogP contribution >= 0.6 is 0 Å². The number of aromatic nitrogens is 1. The van der Waals surface area contributed by atoms with E-state index >= 15 is 0 Å². The molecule has 1 heterocycles. The normalized spacial score (nSPS) is 10.5. The van der Waals surface area contributed by atoms with E-state index in [1.165, 1.54) is 0 Å². The first-order chi connectivity index (χ1) is 10.1. The Morgan fingerprint density at radius 1 is 1.33 bits per heavy atom. The smallest absolute Gasteiger partial charge is 0.256 e. The molecule has 2 aromatic rings. The molecule has 0 spiro atoms. The van der Waals surface area contributed by atoms with E-state index in [0.717, 1.165) is 5.56 Å². The van der Waals surface area contributed by atoms with Gasteiger partial charge in [0.2, 0.25) is 0 Å². The lowest BCUT2D eigenvalue weighted by Crippen LogP contribution is -2.13. The Hall–Kier alpha value is -2.40. The van der Waals surface area contributed by atoms with Crippen molar-refractivity contribution in [2.24, 2.45) is 5.73 Å². The van der Waals surface area contributed by atoms with Gasteiger partial charge in [-0.3, -0.25) is 4.79 Å². The van der Waals surface area contributed by atoms with E-state index in [9.17, 15) is 4.79 Å². The Morgan fingerprint density at radius 2 is 2.14 bits per heavy atom. The summed E-state index contributed by atoms with van der Waals surface area (Å²) in [6, 6.07) is 10.6. The Labute approximate surface area is 124 Å². The third-order valence-corrected chi connectivity index (χ3v) is 2.77. The van der Waals surface area contributed by atoms with Crippen LogP contribution in [0.3, 0.4) is 0 Å². The average molecular weight is 285 g/mol. The number of anilines is 1. The van der Waals surface area contributed by atoms with Crippen molar-refractivity contribution in [2.45, 2.75) is 26.5 Å². The number of nitrogens with zero attached hydrogens (tertiary/aromatic N) is 1. The van der Waals surface area contributed by atoms with Gasteiger partial charge in [0, 0.05) is 18.3 Å². The summed E-state index contributed by atoms with van der Waals surface area (Å²) in [5.74, 6) is 0.939. The second-order valence-electron chi connectivity index (χ2n) is 4.90. The lowest BCUT2D eigenvalue weighted by molar-refractivity contribution is 0.102. The molecule has 1 aromatic heterocycles. The molecule has 0 aliphatic rings. The molecule has 1 aromatic carbocycles. The number of amides is 1. The standard InChI is InChI=1S/C16H19N3O2/c1-11(2)21-14-5-3-4-13(8-14)16(20)19-15-7-6-12(9-17)10-18-15/h3-8,10-11H,9,17H2,1-2H3,(H,18,19,20). The van der Waals surface area contributed by atoms with Crippen molar-refractivity contribution in [2.75, 3.05) is 5.32 Å². The summed E-state index contributed by atoms with van der Waals surface area (Å²) in [6.07, 6.45) is 1.71. The number of hydrogen-bond donors (Lipinski definition) is 2. The molecule has 0 bridgehead atoms. The number of nitrogens with two attached hydrogens (primary N) is 1. The highest BCUT2D eigenvalue weighted by atomic mass is 16.5. The minimum atomic E-state index is -0.225. The first-order valence-corrected chi connectivity index (χ1v) is 6.81. The lowest BCUT2D eigenvalue weighted by atomic mass is 10.2. The highest BCUT2D eigenvalue weighted by Gasteiger charge is 2.08. The summed E-state index contributed by atoms with van der Waals surface area (Å²) in [4.78, 5) is 16.3. The van der Waals surface area contributed by atoms with E-state index in [4.69, 9.17) is 10.5 Å². The molecular formula is C16H19N3O2. The van der Waals surface area contributed by atoms with E-state index < -0.39 is 0 Å². The number of carbonyl (C=O) groups excluding carboxylic acids is 1. The topological polar surface area (TPSA) is 77.2 Å². The molecule has 5 heteroatoms. The van der Waals surface area contributed by atoms with Crippen LogP contribution in [0.5, 0.6) is 5.75 Å². The van der Waals surface area contributed by atoms with Gasteiger partial charge in [-0.05, 0) is 43.7 Å². The summed E-state index contributed by atoms with van der Waals surface area (Å²) < 4.78 is 5.58. The van der Waals surface area contributed by atoms with Gasteiger partial charge in [-0.15, -0.1) is 0 Å². The van der Waals surface area contributed by atoms with Gasteiger partial charge in [-0.1, -0.05) is 12.1 Å². The van der Waals surface area contributed by atoms with E-state index in [1.807, 2.05) is 26.0 Å². The highest BCUT2D eigenvalue weighted by Crippen LogP contribution is 2.16. The van der Waals surface area contributed by atoms with Gasteiger partial charge in [-0.2, -0.15) is 0 Å². The molecule has 0 fully saturated rings. The molecule has 5 nitrogen and oxygen atoms in total. The number of benzene rings is 1. The summed E-state index contributed by atoms with van der Waals surface area (Å²) in [5.41, 5.74) is 6.95. The second kappa shape index (κ2) is 6.85. The van der Waals surface area contributed by atoms with E-state index in [2.05, 4.69) is 10.3 Å². The van der Waals surface area contributed by atoms with Crippen LogP contribution in [0.2, 0.25) is 0 Å². The maximum absolute atomic E-state index is 12.2. The minimum absolute atomic E-state index is 0.0637. The number of carbonyl (C=O) groups is 1. The fourth-order valence-electron chi connectivity index (χ4n) is 1.79. The maximum Gasteiger partial charge on any atom is 0.256 e. The molecule has 0 saturated heterocycles. The van der Waals surface area contributed by atoms with Crippen LogP contribution in [-0.4, -0.2) is 17.0 Å². The number of ether oxygens (including phenoxy) is 1. The monoisotopic (exact) mass is 285 g/mol. The van der Waals surface area contributed by atoms with Crippen LogP contribution in [0.15, 0.2) is 42.6 Å². The Morgan fingerprint density at radius 3 is 2.76 bits per heavy atom. The molecule has 0 atom stereocenters. The van der Waals surface area contributed by atoms with Crippen LogP contribution in [0.4, 0.5) is 5.82 Å². The Bertz CT molecular complexity index is 609. The van der Waals surface area contributed by atoms with Crippen LogP contribution < -0.4 is 15.8 Å². The first-order valence-electron chi connectivity index (χ1n) is 6.81. The Balaban J connectivity index is 2.08. The van der Waals surface area contributed by atoms with Gasteiger partial charge in [0.05, 0.1) is 6.10 Å². The summed E-state index contributed by atoms with van der Waals surface area (Å²) in [7, 11) is 0. The number of nitrogens with one attached hydrogen (secondary N) is 1. The van der Waals surface area contributed by atoms with Crippen LogP contribution in [0, 0.1) is 0 Å². The number of hydrogen-bond acceptors (Lipinski definition) is 4. The minimum Gasteiger partial charge on any atom is -0.491 e. The largest absolute Gasteiger partial charge is 0.491 e. The van der Waals surface area contributed by atoms with Gasteiger partial charge in [-0.25, -0.2) is 4.98 Å². The summed E-state index contributed by atoms with van der Waals surface area (Å²) >= 11 is 0. The third kappa shape index (κ3) is 4.29. The van der Waals surface area contributed by atoms with Crippen LogP contribution in [0.1, 0.15) is 29.8 Å². The predicted molar refractivity (Wildman–Crippen MR) is 82.3 cm³/mol. The van der Waals surface area contributed by atoms with Crippen molar-refractivity contribution in [3.63, 3.8) is 0 Å². The van der Waals surface area contributed by atoms with E-state index in [-0.39, 0.29) is 12.0 Å². The number of pyridine rings is 1. The Kier molecular flexibility index (Phi) is 4.90. The zero-order valence-corrected chi connectivity index (χ0v) is 12.2. The number of rotatable bonds is 5. The molecular weight excluding hydrogens is 266 g/mol. The van der Waals surface area contributed by atoms with E-state index in [1.54, 1.807) is 30.5 Å². The predicted octanol–water partition coefficient (Wildman–Crippen LogP) is 2.58. The molecule has 0 saturated carbocycles. The molecule has 110 valence electrons. The SMILES string of the molecule is CC(C)Oc1cccc(C(=O)Nc2ccc(CN)cn2)c1. The van der Waals surface area contributed by atoms with Gasteiger partial charge in [0.1, 0.15) is 11.6 Å². The van der Waals surface area contributed by atoms with Gasteiger partial charge in [0.25, 0.3) is 5.91 Å². The zero-order chi connectivity index (χ0) is 15.2. The maximum atomic E-state index is 12.2. The molecule has 21 heavy (non-hydrogen) atoms. The van der Waals surface area contributed by atoms with E-state index in [0.29, 0.717) is 23.7 Å². The quantitative estimate of drug-likeness (QED) is 0.885. The highest BCUT2D eigenvalue weighted by molar-refractivity contribution is 6.03. The van der Waals surface area contributed by atoms with Crippen molar-refractivity contribution in [3.8, 4) is 5.75 Å². The van der Waals surface area contributed by atoms with Crippen molar-refractivity contribution in [1.82, 2.24) is 4.98 Å². The third-order valence-electron chi connectivity index (χ3n) is 2.77. The summed E-state index contributed by atoms with van der Waals surface area (Å²) in [6.45, 7) is 4.31. The molecule has 0 aliphatic heterocycles. The van der Waals surface area contributed by atoms with Crippen molar-refractivity contribution < 1.29 is 9.53 Å². The molecule has 0 aliphatic carbocycles. The van der Waals surface area contributed by atoms with Gasteiger partial charge < -0.3 is 15.8 Å². The van der Waals surface area contributed by atoms with Gasteiger partial charge >= 0.3 is 0 Å². The fraction of sp³-hybridized carbons (Fsp3) is 0.250. The summed E-state index contributed by atoms with van der Waals surface area (Å²) in [5, 5.41) is 2.74. The van der Waals surface area contributed by atoms with Crippen LogP contribution in [-0.2, 0) is 6.54 Å². The zero-order valence-electron chi connectivity index (χ0n) is 12.2. The molecule has 0 unspecified atom stereocenters. The fourth-order valence-corrected chi connectivity index (χ4v) is 1.79. The van der Waals surface area contributed by atoms with Crippen molar-refractivity contribution >= 4 is 11.7 Å². The van der Waals surface area contributed by atoms with Crippen molar-refractivity contribution in [3.05, 3.63) is 53.7 Å². The molecule has 1 amide bonds. The lowest BCUT2D eigenvalue weighted by Gasteiger charge is -2.11. The molecule has 2 rings (SSSR count). The van der Waals surface area contributed by atoms with Crippen molar-refractivity contribution in [1.29, 1.82) is 0 Å². The molecule has 3 N–H and O–H groups in total. The molecule has 0 radical (unpaired) electrons. The average Bonchev–Trinajstić information content (AvgIpc) is 2.47. The van der Waals surface area contributed by atoms with Crippen LogP contribution in [0.25, 0.3) is 0 Å². The second-order valence-corrected chi connectivity index (χ2v) is 4.90.